The predicted molar refractivity (Wildman–Crippen MR) is 139 cm³/mol. The molecule has 6 heteroatoms. The number of hydrogen-bond acceptors (Lipinski definition) is 3. The summed E-state index contributed by atoms with van der Waals surface area (Å²) in [6, 6.07) is 22.8. The molecule has 0 unspecified atom stereocenters. The molecule has 1 N–H and O–H groups in total. The molecule has 0 radical (unpaired) electrons. The van der Waals surface area contributed by atoms with Crippen LogP contribution < -0.4 is 10.1 Å². The van der Waals surface area contributed by atoms with Gasteiger partial charge in [0.1, 0.15) is 11.8 Å². The van der Waals surface area contributed by atoms with E-state index in [-0.39, 0.29) is 18.4 Å². The molecule has 0 fully saturated rings. The van der Waals surface area contributed by atoms with Crippen molar-refractivity contribution in [2.45, 2.75) is 39.8 Å². The first-order chi connectivity index (χ1) is 16.4. The average Bonchev–Trinajstić information content (AvgIpc) is 2.82. The summed E-state index contributed by atoms with van der Waals surface area (Å²) in [5.41, 5.74) is 3.93. The van der Waals surface area contributed by atoms with E-state index in [0.29, 0.717) is 25.3 Å². The van der Waals surface area contributed by atoms with Crippen molar-refractivity contribution in [2.24, 2.45) is 0 Å². The van der Waals surface area contributed by atoms with E-state index in [1.165, 1.54) is 0 Å². The second-order valence-corrected chi connectivity index (χ2v) is 9.22. The van der Waals surface area contributed by atoms with Crippen molar-refractivity contribution in [3.05, 3.63) is 99.5 Å². The Balaban J connectivity index is 1.91. The lowest BCUT2D eigenvalue weighted by Crippen LogP contribution is -2.51. The summed E-state index contributed by atoms with van der Waals surface area (Å²) in [4.78, 5) is 28.4. The number of carbonyl (C=O) groups excluding carboxylic acids is 2. The summed E-state index contributed by atoms with van der Waals surface area (Å²) in [5, 5.41) is 2.91. The van der Waals surface area contributed by atoms with Crippen LogP contribution in [0.25, 0.3) is 0 Å². The number of nitrogens with one attached hydrogen (secondary N) is 1. The fourth-order valence-electron chi connectivity index (χ4n) is 3.76. The number of halogens is 1. The standard InChI is InChI=1S/C28H31BrN2O3/c1-4-30-28(33)25(17-22-9-6-5-7-10-22)31(18-23-11-8-12-24(29)16-23)27(32)19-34-26-15-20(2)13-14-21(26)3/h5-16,25H,4,17-19H2,1-3H3,(H,30,33)/t25-/m0/s1. The summed E-state index contributed by atoms with van der Waals surface area (Å²) < 4.78 is 6.85. The van der Waals surface area contributed by atoms with Crippen LogP contribution in [0, 0.1) is 13.8 Å². The van der Waals surface area contributed by atoms with E-state index in [0.717, 1.165) is 26.7 Å². The molecule has 34 heavy (non-hydrogen) atoms. The summed E-state index contributed by atoms with van der Waals surface area (Å²) in [7, 11) is 0. The molecular formula is C28H31BrN2O3. The maximum Gasteiger partial charge on any atom is 0.261 e. The highest BCUT2D eigenvalue weighted by atomic mass is 79.9. The van der Waals surface area contributed by atoms with Gasteiger partial charge in [-0.1, -0.05) is 70.5 Å². The summed E-state index contributed by atoms with van der Waals surface area (Å²) in [6.45, 7) is 6.44. The average molecular weight is 523 g/mol. The summed E-state index contributed by atoms with van der Waals surface area (Å²) in [5.74, 6) is 0.253. The topological polar surface area (TPSA) is 58.6 Å². The third-order valence-corrected chi connectivity index (χ3v) is 6.05. The number of ether oxygens (including phenoxy) is 1. The summed E-state index contributed by atoms with van der Waals surface area (Å²) >= 11 is 3.50. The van der Waals surface area contributed by atoms with Gasteiger partial charge < -0.3 is 15.0 Å². The number of rotatable bonds is 10. The SMILES string of the molecule is CCNC(=O)[C@H](Cc1ccccc1)N(Cc1cccc(Br)c1)C(=O)COc1cc(C)ccc1C. The molecule has 0 saturated heterocycles. The first-order valence-electron chi connectivity index (χ1n) is 11.4. The van der Waals surface area contributed by atoms with E-state index in [9.17, 15) is 9.59 Å². The molecule has 0 aliphatic carbocycles. The van der Waals surface area contributed by atoms with Gasteiger partial charge in [-0.2, -0.15) is 0 Å². The van der Waals surface area contributed by atoms with Crippen LogP contribution in [-0.4, -0.2) is 35.9 Å². The predicted octanol–water partition coefficient (Wildman–Crippen LogP) is 5.22. The van der Waals surface area contributed by atoms with Gasteiger partial charge in [-0.25, -0.2) is 0 Å². The first-order valence-corrected chi connectivity index (χ1v) is 12.2. The third-order valence-electron chi connectivity index (χ3n) is 5.56. The fraction of sp³-hybridized carbons (Fsp3) is 0.286. The number of aryl methyl sites for hydroxylation is 2. The van der Waals surface area contributed by atoms with Crippen LogP contribution in [0.15, 0.2) is 77.3 Å². The number of benzene rings is 3. The van der Waals surface area contributed by atoms with Gasteiger partial charge in [-0.15, -0.1) is 0 Å². The third kappa shape index (κ3) is 7.19. The highest BCUT2D eigenvalue weighted by Crippen LogP contribution is 2.21. The zero-order valence-corrected chi connectivity index (χ0v) is 21.5. The molecule has 178 valence electrons. The Morgan fingerprint density at radius 3 is 2.41 bits per heavy atom. The van der Waals surface area contributed by atoms with Crippen molar-refractivity contribution in [3.8, 4) is 5.75 Å². The van der Waals surface area contributed by atoms with Gasteiger partial charge in [0, 0.05) is 24.0 Å². The smallest absolute Gasteiger partial charge is 0.261 e. The zero-order chi connectivity index (χ0) is 24.5. The molecule has 5 nitrogen and oxygen atoms in total. The molecule has 1 atom stereocenters. The van der Waals surface area contributed by atoms with E-state index in [1.807, 2.05) is 93.6 Å². The highest BCUT2D eigenvalue weighted by molar-refractivity contribution is 9.10. The maximum atomic E-state index is 13.6. The van der Waals surface area contributed by atoms with Crippen LogP contribution in [0.1, 0.15) is 29.2 Å². The Labute approximate surface area is 210 Å². The van der Waals surface area contributed by atoms with Crippen molar-refractivity contribution in [1.82, 2.24) is 10.2 Å². The van der Waals surface area contributed by atoms with Gasteiger partial charge in [0.15, 0.2) is 6.61 Å². The van der Waals surface area contributed by atoms with E-state index in [2.05, 4.69) is 21.2 Å². The minimum atomic E-state index is -0.670. The maximum absolute atomic E-state index is 13.6. The number of likely N-dealkylation sites (N-methyl/N-ethyl adjacent to an activating group) is 1. The van der Waals surface area contributed by atoms with Gasteiger partial charge in [-0.05, 0) is 61.2 Å². The van der Waals surface area contributed by atoms with E-state index < -0.39 is 6.04 Å². The number of hydrogen-bond donors (Lipinski definition) is 1. The Morgan fingerprint density at radius 2 is 1.71 bits per heavy atom. The Hall–Kier alpha value is -3.12. The quantitative estimate of drug-likeness (QED) is 0.397. The normalized spacial score (nSPS) is 11.5. The van der Waals surface area contributed by atoms with Crippen LogP contribution in [-0.2, 0) is 22.6 Å². The van der Waals surface area contributed by atoms with Gasteiger partial charge in [-0.3, -0.25) is 9.59 Å². The second-order valence-electron chi connectivity index (χ2n) is 8.31. The Morgan fingerprint density at radius 1 is 0.971 bits per heavy atom. The molecule has 0 aliphatic heterocycles. The van der Waals surface area contributed by atoms with Crippen LogP contribution in [0.4, 0.5) is 0 Å². The lowest BCUT2D eigenvalue weighted by atomic mass is 10.0. The number of nitrogens with zero attached hydrogens (tertiary/aromatic N) is 1. The molecule has 3 aromatic carbocycles. The van der Waals surface area contributed by atoms with E-state index in [1.54, 1.807) is 4.90 Å². The molecular weight excluding hydrogens is 492 g/mol. The van der Waals surface area contributed by atoms with Crippen molar-refractivity contribution in [3.63, 3.8) is 0 Å². The van der Waals surface area contributed by atoms with Crippen LogP contribution in [0.3, 0.4) is 0 Å². The minimum absolute atomic E-state index is 0.150. The Bertz CT molecular complexity index is 1120. The van der Waals surface area contributed by atoms with Gasteiger partial charge in [0.25, 0.3) is 5.91 Å². The number of carbonyl (C=O) groups is 2. The van der Waals surface area contributed by atoms with Gasteiger partial charge in [0.05, 0.1) is 0 Å². The van der Waals surface area contributed by atoms with Gasteiger partial charge in [0.2, 0.25) is 5.91 Å². The molecule has 0 aromatic heterocycles. The summed E-state index contributed by atoms with van der Waals surface area (Å²) in [6.07, 6.45) is 0.413. The molecule has 0 saturated carbocycles. The van der Waals surface area contributed by atoms with Crippen molar-refractivity contribution >= 4 is 27.7 Å². The van der Waals surface area contributed by atoms with Gasteiger partial charge >= 0.3 is 0 Å². The van der Waals surface area contributed by atoms with Crippen molar-refractivity contribution in [2.75, 3.05) is 13.2 Å². The number of amides is 2. The zero-order valence-electron chi connectivity index (χ0n) is 19.9. The molecule has 0 spiro atoms. The van der Waals surface area contributed by atoms with E-state index in [4.69, 9.17) is 4.74 Å². The van der Waals surface area contributed by atoms with Crippen LogP contribution in [0.2, 0.25) is 0 Å². The molecule has 0 bridgehead atoms. The van der Waals surface area contributed by atoms with Crippen LogP contribution >= 0.6 is 15.9 Å². The monoisotopic (exact) mass is 522 g/mol. The lowest BCUT2D eigenvalue weighted by Gasteiger charge is -2.31. The molecule has 0 aliphatic rings. The first kappa shape index (κ1) is 25.5. The van der Waals surface area contributed by atoms with E-state index >= 15 is 0 Å². The molecule has 3 rings (SSSR count). The van der Waals surface area contributed by atoms with Crippen LogP contribution in [0.5, 0.6) is 5.75 Å². The largest absolute Gasteiger partial charge is 0.483 e. The highest BCUT2D eigenvalue weighted by Gasteiger charge is 2.30. The molecule has 2 amide bonds. The minimum Gasteiger partial charge on any atom is -0.483 e. The second kappa shape index (κ2) is 12.4. The fourth-order valence-corrected chi connectivity index (χ4v) is 4.21. The lowest BCUT2D eigenvalue weighted by molar-refractivity contribution is -0.142. The van der Waals surface area contributed by atoms with Crippen molar-refractivity contribution in [1.29, 1.82) is 0 Å². The van der Waals surface area contributed by atoms with Crippen molar-refractivity contribution < 1.29 is 14.3 Å². The Kier molecular flexibility index (Phi) is 9.28. The molecule has 0 heterocycles. The molecule has 3 aromatic rings.